The summed E-state index contributed by atoms with van der Waals surface area (Å²) in [7, 11) is 5.15. The van der Waals surface area contributed by atoms with E-state index in [9.17, 15) is 4.79 Å². The van der Waals surface area contributed by atoms with Crippen molar-refractivity contribution in [2.45, 2.75) is 12.5 Å². The van der Waals surface area contributed by atoms with E-state index in [1.807, 2.05) is 0 Å². The van der Waals surface area contributed by atoms with Crippen LogP contribution in [0.5, 0.6) is 5.75 Å². The molecule has 4 nitrogen and oxygen atoms in total. The molecule has 0 saturated heterocycles. The van der Waals surface area contributed by atoms with Crippen molar-refractivity contribution in [2.75, 3.05) is 0 Å². The van der Waals surface area contributed by atoms with Crippen molar-refractivity contribution in [3.63, 3.8) is 0 Å². The zero-order chi connectivity index (χ0) is 10.6. The van der Waals surface area contributed by atoms with Gasteiger partial charge >= 0.3 is 0 Å². The second-order valence-corrected chi connectivity index (χ2v) is 2.99. The van der Waals surface area contributed by atoms with Gasteiger partial charge in [-0.05, 0) is 24.1 Å². The first-order valence-corrected chi connectivity index (χ1v) is 4.17. The molecule has 0 aromatic heterocycles. The molecule has 0 aliphatic rings. The molecular weight excluding hydrogens is 180 g/mol. The van der Waals surface area contributed by atoms with Crippen LogP contribution in [-0.4, -0.2) is 17.1 Å². The van der Waals surface area contributed by atoms with Crippen molar-refractivity contribution in [2.24, 2.45) is 5.73 Å². The third-order valence-corrected chi connectivity index (χ3v) is 1.92. The standard InChI is InChI=1S/C10H12N2O2/c1-12-9(10(11)14)6-7-2-4-8(13)5-3-7/h1-5,9,12-13H,6H2,(H2,11,14)/t9-/m0/s1. The van der Waals surface area contributed by atoms with E-state index in [0.717, 1.165) is 5.56 Å². The van der Waals surface area contributed by atoms with Gasteiger partial charge in [-0.3, -0.25) is 10.1 Å². The van der Waals surface area contributed by atoms with E-state index in [1.54, 1.807) is 24.3 Å². The highest BCUT2D eigenvalue weighted by molar-refractivity contribution is 5.80. The minimum atomic E-state index is -0.584. The van der Waals surface area contributed by atoms with Crippen LogP contribution in [0.4, 0.5) is 0 Å². The molecule has 0 aliphatic heterocycles. The van der Waals surface area contributed by atoms with Gasteiger partial charge in [0.25, 0.3) is 0 Å². The second kappa shape index (κ2) is 4.62. The molecule has 1 amide bonds. The van der Waals surface area contributed by atoms with Gasteiger partial charge < -0.3 is 10.8 Å². The van der Waals surface area contributed by atoms with E-state index in [4.69, 9.17) is 17.9 Å². The fourth-order valence-electron chi connectivity index (χ4n) is 1.11. The molecule has 0 spiro atoms. The Bertz CT molecular complexity index is 308. The summed E-state index contributed by atoms with van der Waals surface area (Å²) < 4.78 is 0. The van der Waals surface area contributed by atoms with Crippen LogP contribution in [0.25, 0.3) is 0 Å². The van der Waals surface area contributed by atoms with E-state index in [0.29, 0.717) is 6.42 Å². The first-order valence-electron chi connectivity index (χ1n) is 4.17. The number of nitrogens with two attached hydrogens (primary N) is 1. The topological polar surface area (TPSA) is 75.3 Å². The fraction of sp³-hybridized carbons (Fsp3) is 0.200. The van der Waals surface area contributed by atoms with E-state index in [-0.39, 0.29) is 5.75 Å². The molecule has 4 heteroatoms. The average molecular weight is 192 g/mol. The molecule has 0 unspecified atom stereocenters. The molecule has 0 heterocycles. The number of phenols is 1. The lowest BCUT2D eigenvalue weighted by Crippen LogP contribution is -2.39. The maximum atomic E-state index is 10.8. The maximum Gasteiger partial charge on any atom is 0.234 e. The first kappa shape index (κ1) is 10.5. The van der Waals surface area contributed by atoms with Crippen LogP contribution in [0.15, 0.2) is 24.3 Å². The molecule has 2 radical (unpaired) electrons. The first-order chi connectivity index (χ1) is 6.63. The highest BCUT2D eigenvalue weighted by Gasteiger charge is 2.12. The summed E-state index contributed by atoms with van der Waals surface area (Å²) in [6, 6.07) is 5.93. The van der Waals surface area contributed by atoms with Crippen LogP contribution in [0.3, 0.4) is 0 Å². The van der Waals surface area contributed by atoms with Crippen LogP contribution in [0.2, 0.25) is 0 Å². The Morgan fingerprint density at radius 2 is 2.07 bits per heavy atom. The Labute approximate surface area is 82.7 Å². The molecule has 1 aromatic rings. The maximum absolute atomic E-state index is 10.8. The summed E-state index contributed by atoms with van der Waals surface area (Å²) >= 11 is 0. The van der Waals surface area contributed by atoms with Crippen molar-refractivity contribution in [3.8, 4) is 5.75 Å². The van der Waals surface area contributed by atoms with Crippen molar-refractivity contribution in [1.82, 2.24) is 5.32 Å². The number of carbonyl (C=O) groups excluding carboxylic acids is 1. The van der Waals surface area contributed by atoms with Gasteiger partial charge in [0.15, 0.2) is 0 Å². The van der Waals surface area contributed by atoms with Gasteiger partial charge in [-0.2, -0.15) is 0 Å². The summed E-state index contributed by atoms with van der Waals surface area (Å²) in [6.45, 7) is 0. The number of nitrogens with one attached hydrogen (secondary N) is 1. The average Bonchev–Trinajstić information content (AvgIpc) is 2.16. The summed E-state index contributed by atoms with van der Waals surface area (Å²) in [6.07, 6.45) is 0.409. The van der Waals surface area contributed by atoms with E-state index < -0.39 is 11.9 Å². The van der Waals surface area contributed by atoms with Crippen LogP contribution in [-0.2, 0) is 11.2 Å². The van der Waals surface area contributed by atoms with Crippen molar-refractivity contribution in [1.29, 1.82) is 0 Å². The number of phenolic OH excluding ortho intramolecular Hbond substituents is 1. The van der Waals surface area contributed by atoms with Crippen LogP contribution < -0.4 is 11.1 Å². The van der Waals surface area contributed by atoms with Crippen LogP contribution >= 0.6 is 0 Å². The number of carbonyl (C=O) groups is 1. The smallest absolute Gasteiger partial charge is 0.234 e. The van der Waals surface area contributed by atoms with Gasteiger partial charge in [0, 0.05) is 7.05 Å². The van der Waals surface area contributed by atoms with Gasteiger partial charge in [-0.1, -0.05) is 12.1 Å². The third-order valence-electron chi connectivity index (χ3n) is 1.92. The summed E-state index contributed by atoms with van der Waals surface area (Å²) in [5.41, 5.74) is 5.97. The SMILES string of the molecule is [CH]N[C@@H](Cc1ccc(O)cc1)C(N)=O. The zero-order valence-corrected chi connectivity index (χ0v) is 7.60. The minimum Gasteiger partial charge on any atom is -0.508 e. The Kier molecular flexibility index (Phi) is 3.48. The lowest BCUT2D eigenvalue weighted by molar-refractivity contribution is -0.119. The predicted octanol–water partition coefficient (Wildman–Crippen LogP) is 0.0468. The molecule has 1 rings (SSSR count). The Morgan fingerprint density at radius 3 is 2.50 bits per heavy atom. The number of aromatic hydroxyl groups is 1. The molecule has 14 heavy (non-hydrogen) atoms. The third kappa shape index (κ3) is 2.74. The van der Waals surface area contributed by atoms with E-state index in [2.05, 4.69) is 5.32 Å². The molecule has 4 N–H and O–H groups in total. The lowest BCUT2D eigenvalue weighted by atomic mass is 10.1. The van der Waals surface area contributed by atoms with E-state index in [1.165, 1.54) is 0 Å². The van der Waals surface area contributed by atoms with Gasteiger partial charge in [-0.25, -0.2) is 0 Å². The Hall–Kier alpha value is -1.55. The zero-order valence-electron chi connectivity index (χ0n) is 7.60. The molecule has 0 fully saturated rings. The molecule has 74 valence electrons. The van der Waals surface area contributed by atoms with Crippen LogP contribution in [0, 0.1) is 7.05 Å². The number of amides is 1. The van der Waals surface area contributed by atoms with Crippen molar-refractivity contribution < 1.29 is 9.90 Å². The number of primary amides is 1. The molecule has 1 atom stereocenters. The number of hydrogen-bond acceptors (Lipinski definition) is 3. The van der Waals surface area contributed by atoms with Crippen molar-refractivity contribution >= 4 is 5.91 Å². The molecule has 1 aromatic carbocycles. The summed E-state index contributed by atoms with van der Waals surface area (Å²) in [5, 5.41) is 11.4. The lowest BCUT2D eigenvalue weighted by Gasteiger charge is -2.11. The highest BCUT2D eigenvalue weighted by atomic mass is 16.3. The normalized spacial score (nSPS) is 12.4. The number of rotatable bonds is 4. The molecule has 0 bridgehead atoms. The number of hydrogen-bond donors (Lipinski definition) is 3. The monoisotopic (exact) mass is 192 g/mol. The highest BCUT2D eigenvalue weighted by Crippen LogP contribution is 2.11. The molecule has 0 aliphatic carbocycles. The van der Waals surface area contributed by atoms with Gasteiger partial charge in [-0.15, -0.1) is 0 Å². The fourth-order valence-corrected chi connectivity index (χ4v) is 1.11. The van der Waals surface area contributed by atoms with Gasteiger partial charge in [0.2, 0.25) is 5.91 Å². The molecule has 0 saturated carbocycles. The summed E-state index contributed by atoms with van der Waals surface area (Å²) in [4.78, 5) is 10.8. The predicted molar refractivity (Wildman–Crippen MR) is 52.2 cm³/mol. The Morgan fingerprint density at radius 1 is 1.50 bits per heavy atom. The second-order valence-electron chi connectivity index (χ2n) is 2.99. The summed E-state index contributed by atoms with van der Waals surface area (Å²) in [5.74, 6) is -0.314. The van der Waals surface area contributed by atoms with Gasteiger partial charge in [0.1, 0.15) is 5.75 Å². The van der Waals surface area contributed by atoms with Crippen LogP contribution in [0.1, 0.15) is 5.56 Å². The number of benzene rings is 1. The quantitative estimate of drug-likeness (QED) is 0.590. The van der Waals surface area contributed by atoms with Gasteiger partial charge in [0.05, 0.1) is 6.04 Å². The van der Waals surface area contributed by atoms with E-state index >= 15 is 0 Å². The minimum absolute atomic E-state index is 0.185. The molecular formula is C10H12N2O2. The largest absolute Gasteiger partial charge is 0.508 e. The van der Waals surface area contributed by atoms with Crippen molar-refractivity contribution in [3.05, 3.63) is 36.9 Å². The Balaban J connectivity index is 2.67.